The van der Waals surface area contributed by atoms with Gasteiger partial charge in [0.2, 0.25) is 5.91 Å². The molecule has 1 saturated heterocycles. The summed E-state index contributed by atoms with van der Waals surface area (Å²) in [6.07, 6.45) is 3.11. The number of para-hydroxylation sites is 1. The molecule has 0 saturated carbocycles. The number of carbonyl (C=O) groups is 2. The maximum Gasteiger partial charge on any atom is 0.275 e. The van der Waals surface area contributed by atoms with Crippen molar-refractivity contribution in [3.8, 4) is 0 Å². The highest BCUT2D eigenvalue weighted by molar-refractivity contribution is 6.05. The van der Waals surface area contributed by atoms with E-state index in [-0.39, 0.29) is 31.0 Å². The number of H-pyrrole nitrogens is 1. The van der Waals surface area contributed by atoms with Gasteiger partial charge in [-0.2, -0.15) is 5.10 Å². The zero-order valence-electron chi connectivity index (χ0n) is 18.6. The summed E-state index contributed by atoms with van der Waals surface area (Å²) in [4.78, 5) is 34.1. The van der Waals surface area contributed by atoms with E-state index in [1.807, 2.05) is 66.7 Å². The van der Waals surface area contributed by atoms with E-state index in [1.165, 1.54) is 0 Å². The number of amides is 2. The van der Waals surface area contributed by atoms with Crippen molar-refractivity contribution < 1.29 is 14.3 Å². The van der Waals surface area contributed by atoms with E-state index in [0.717, 1.165) is 22.0 Å². The Balaban J connectivity index is 1.39. The molecule has 1 fully saturated rings. The number of hydrogen-bond acceptors (Lipinski definition) is 5. The third-order valence-corrected chi connectivity index (χ3v) is 5.91. The lowest BCUT2D eigenvalue weighted by atomic mass is 10.2. The molecule has 2 aromatic carbocycles. The highest BCUT2D eigenvalue weighted by Gasteiger charge is 2.32. The first-order valence-corrected chi connectivity index (χ1v) is 11.2. The second-order valence-corrected chi connectivity index (χ2v) is 8.36. The van der Waals surface area contributed by atoms with E-state index >= 15 is 0 Å². The standard InChI is InChI=1S/C26H25N5O3/c32-24-17-31(26(33)25-22-10-4-5-11-23(22)28-29-25)16-21(34-18-20-9-6-12-27-13-20)15-30(24)14-19-7-2-1-3-8-19/h1-13,21H,14-18H2,(H,28,29)/t21-/m0/s1. The lowest BCUT2D eigenvalue weighted by Gasteiger charge is -2.25. The molecule has 0 aliphatic carbocycles. The van der Waals surface area contributed by atoms with Crippen LogP contribution in [0.2, 0.25) is 0 Å². The molecule has 4 aromatic rings. The zero-order chi connectivity index (χ0) is 23.3. The molecule has 8 heteroatoms. The van der Waals surface area contributed by atoms with Crippen molar-refractivity contribution in [1.82, 2.24) is 25.0 Å². The number of aromatic nitrogens is 3. The molecule has 1 atom stereocenters. The first kappa shape index (κ1) is 21.8. The van der Waals surface area contributed by atoms with Gasteiger partial charge in [0, 0.05) is 37.4 Å². The van der Waals surface area contributed by atoms with Crippen LogP contribution >= 0.6 is 0 Å². The highest BCUT2D eigenvalue weighted by atomic mass is 16.5. The van der Waals surface area contributed by atoms with Crippen LogP contribution in [0, 0.1) is 0 Å². The van der Waals surface area contributed by atoms with Gasteiger partial charge in [0.25, 0.3) is 5.91 Å². The van der Waals surface area contributed by atoms with Crippen LogP contribution < -0.4 is 0 Å². The zero-order valence-corrected chi connectivity index (χ0v) is 18.6. The Kier molecular flexibility index (Phi) is 6.31. The maximum atomic E-state index is 13.5. The van der Waals surface area contributed by atoms with E-state index in [2.05, 4.69) is 15.2 Å². The van der Waals surface area contributed by atoms with Gasteiger partial charge >= 0.3 is 0 Å². The van der Waals surface area contributed by atoms with Gasteiger partial charge in [0.05, 0.1) is 18.2 Å². The van der Waals surface area contributed by atoms with Crippen molar-refractivity contribution in [2.75, 3.05) is 19.6 Å². The first-order valence-electron chi connectivity index (χ1n) is 11.2. The van der Waals surface area contributed by atoms with Gasteiger partial charge in [-0.05, 0) is 23.3 Å². The quantitative estimate of drug-likeness (QED) is 0.483. The van der Waals surface area contributed by atoms with Gasteiger partial charge < -0.3 is 14.5 Å². The molecule has 2 amide bonds. The molecule has 1 aliphatic rings. The fourth-order valence-corrected chi connectivity index (χ4v) is 4.17. The molecular formula is C26H25N5O3. The number of nitrogens with one attached hydrogen (secondary N) is 1. The number of benzene rings is 2. The predicted molar refractivity (Wildman–Crippen MR) is 127 cm³/mol. The fraction of sp³-hybridized carbons (Fsp3) is 0.231. The van der Waals surface area contributed by atoms with Gasteiger partial charge in [0.1, 0.15) is 6.54 Å². The van der Waals surface area contributed by atoms with Crippen LogP contribution in [0.4, 0.5) is 0 Å². The Morgan fingerprint density at radius 3 is 2.62 bits per heavy atom. The van der Waals surface area contributed by atoms with E-state index < -0.39 is 0 Å². The minimum atomic E-state index is -0.357. The topological polar surface area (TPSA) is 91.4 Å². The third kappa shape index (κ3) is 4.82. The van der Waals surface area contributed by atoms with Gasteiger partial charge in [-0.1, -0.05) is 54.6 Å². The summed E-state index contributed by atoms with van der Waals surface area (Å²) in [6.45, 7) is 1.45. The van der Waals surface area contributed by atoms with Crippen LogP contribution in [0.15, 0.2) is 79.1 Å². The molecule has 0 spiro atoms. The fourth-order valence-electron chi connectivity index (χ4n) is 4.17. The Bertz CT molecular complexity index is 1280. The van der Waals surface area contributed by atoms with E-state index in [9.17, 15) is 9.59 Å². The summed E-state index contributed by atoms with van der Waals surface area (Å²) in [7, 11) is 0. The van der Waals surface area contributed by atoms with E-state index in [0.29, 0.717) is 25.4 Å². The second kappa shape index (κ2) is 9.84. The molecule has 0 unspecified atom stereocenters. The van der Waals surface area contributed by atoms with Crippen molar-refractivity contribution in [3.63, 3.8) is 0 Å². The predicted octanol–water partition coefficient (Wildman–Crippen LogP) is 3.03. The molecule has 5 rings (SSSR count). The summed E-state index contributed by atoms with van der Waals surface area (Å²) in [5.74, 6) is -0.410. The first-order chi connectivity index (χ1) is 16.7. The molecule has 34 heavy (non-hydrogen) atoms. The van der Waals surface area contributed by atoms with Crippen LogP contribution in [0.25, 0.3) is 10.9 Å². The van der Waals surface area contributed by atoms with Gasteiger partial charge in [-0.25, -0.2) is 0 Å². The molecular weight excluding hydrogens is 430 g/mol. The average Bonchev–Trinajstić information content (AvgIpc) is 3.24. The maximum absolute atomic E-state index is 13.5. The van der Waals surface area contributed by atoms with Crippen LogP contribution in [0.1, 0.15) is 21.6 Å². The normalized spacial score (nSPS) is 16.6. The minimum absolute atomic E-state index is 0.0282. The Morgan fingerprint density at radius 1 is 1.00 bits per heavy atom. The summed E-state index contributed by atoms with van der Waals surface area (Å²) >= 11 is 0. The number of aromatic amines is 1. The molecule has 8 nitrogen and oxygen atoms in total. The SMILES string of the molecule is O=C1CN(C(=O)c2n[nH]c3ccccc23)C[C@@H](OCc2cccnc2)CN1Cc1ccccc1. The van der Waals surface area contributed by atoms with Crippen LogP contribution in [0.3, 0.4) is 0 Å². The molecule has 172 valence electrons. The molecule has 1 N–H and O–H groups in total. The number of ether oxygens (including phenoxy) is 1. The van der Waals surface area contributed by atoms with E-state index in [1.54, 1.807) is 22.2 Å². The van der Waals surface area contributed by atoms with Crippen LogP contribution in [-0.2, 0) is 22.7 Å². The largest absolute Gasteiger partial charge is 0.370 e. The van der Waals surface area contributed by atoms with Crippen molar-refractivity contribution in [2.24, 2.45) is 0 Å². The molecule has 0 radical (unpaired) electrons. The van der Waals surface area contributed by atoms with Crippen molar-refractivity contribution in [2.45, 2.75) is 19.3 Å². The molecule has 0 bridgehead atoms. The average molecular weight is 456 g/mol. The molecule has 2 aromatic heterocycles. The van der Waals surface area contributed by atoms with Crippen molar-refractivity contribution in [1.29, 1.82) is 0 Å². The van der Waals surface area contributed by atoms with Gasteiger partial charge in [-0.3, -0.25) is 19.7 Å². The molecule has 3 heterocycles. The number of carbonyl (C=O) groups excluding carboxylic acids is 2. The second-order valence-electron chi connectivity index (χ2n) is 8.36. The Labute approximate surface area is 197 Å². The van der Waals surface area contributed by atoms with Crippen molar-refractivity contribution >= 4 is 22.7 Å². The minimum Gasteiger partial charge on any atom is -0.370 e. The lowest BCUT2D eigenvalue weighted by Crippen LogP contribution is -2.40. The third-order valence-electron chi connectivity index (χ3n) is 5.91. The summed E-state index contributed by atoms with van der Waals surface area (Å²) in [5, 5.41) is 7.88. The Morgan fingerprint density at radius 2 is 1.79 bits per heavy atom. The summed E-state index contributed by atoms with van der Waals surface area (Å²) < 4.78 is 6.19. The number of hydrogen-bond donors (Lipinski definition) is 1. The van der Waals surface area contributed by atoms with Gasteiger partial charge in [0.15, 0.2) is 5.69 Å². The molecule has 1 aliphatic heterocycles. The monoisotopic (exact) mass is 455 g/mol. The van der Waals surface area contributed by atoms with Crippen molar-refractivity contribution in [3.05, 3.63) is 95.9 Å². The number of rotatable bonds is 6. The summed E-state index contributed by atoms with van der Waals surface area (Å²) in [6, 6.07) is 21.1. The summed E-state index contributed by atoms with van der Waals surface area (Å²) in [5.41, 5.74) is 3.05. The Hall–Kier alpha value is -4.04. The number of fused-ring (bicyclic) bond motifs is 1. The van der Waals surface area contributed by atoms with Crippen LogP contribution in [0.5, 0.6) is 0 Å². The number of nitrogens with zero attached hydrogens (tertiary/aromatic N) is 4. The lowest BCUT2D eigenvalue weighted by molar-refractivity contribution is -0.132. The smallest absolute Gasteiger partial charge is 0.275 e. The highest BCUT2D eigenvalue weighted by Crippen LogP contribution is 2.20. The van der Waals surface area contributed by atoms with Crippen LogP contribution in [-0.4, -0.2) is 62.5 Å². The number of pyridine rings is 1. The van der Waals surface area contributed by atoms with Gasteiger partial charge in [-0.15, -0.1) is 0 Å². The van der Waals surface area contributed by atoms with E-state index in [4.69, 9.17) is 4.74 Å².